The van der Waals surface area contributed by atoms with E-state index in [4.69, 9.17) is 4.42 Å². The van der Waals surface area contributed by atoms with E-state index in [0.29, 0.717) is 25.4 Å². The lowest BCUT2D eigenvalue weighted by Gasteiger charge is -2.20. The lowest BCUT2D eigenvalue weighted by atomic mass is 10.1. The summed E-state index contributed by atoms with van der Waals surface area (Å²) in [5.41, 5.74) is 0.734. The number of amides is 3. The summed E-state index contributed by atoms with van der Waals surface area (Å²) >= 11 is 0. The highest BCUT2D eigenvalue weighted by atomic mass is 16.3. The number of urea groups is 1. The van der Waals surface area contributed by atoms with Gasteiger partial charge in [0.05, 0.1) is 12.5 Å². The molecule has 2 fully saturated rings. The first-order valence-electron chi connectivity index (χ1n) is 7.85. The number of likely N-dealkylation sites (tertiary alicyclic amines) is 2. The summed E-state index contributed by atoms with van der Waals surface area (Å²) in [5.74, 6) is 0.876. The zero-order chi connectivity index (χ0) is 15.5. The van der Waals surface area contributed by atoms with Gasteiger partial charge in [-0.15, -0.1) is 0 Å². The Bertz CT molecular complexity index is 551. The normalized spacial score (nSPS) is 21.4. The van der Waals surface area contributed by atoms with Crippen molar-refractivity contribution in [2.75, 3.05) is 26.2 Å². The van der Waals surface area contributed by atoms with Crippen LogP contribution in [0.4, 0.5) is 4.79 Å². The molecule has 0 saturated carbocycles. The summed E-state index contributed by atoms with van der Waals surface area (Å²) in [6.45, 7) is 5.05. The van der Waals surface area contributed by atoms with Gasteiger partial charge in [-0.2, -0.15) is 0 Å². The lowest BCUT2D eigenvalue weighted by Crippen LogP contribution is -2.40. The third-order valence-electron chi connectivity index (χ3n) is 4.49. The molecule has 7 heteroatoms. The van der Waals surface area contributed by atoms with Crippen molar-refractivity contribution in [1.82, 2.24) is 20.1 Å². The zero-order valence-corrected chi connectivity index (χ0v) is 12.9. The molecule has 7 nitrogen and oxygen atoms in total. The molecule has 1 N–H and O–H groups in total. The number of oxazole rings is 1. The minimum atomic E-state index is -0.140. The van der Waals surface area contributed by atoms with Gasteiger partial charge >= 0.3 is 6.03 Å². The summed E-state index contributed by atoms with van der Waals surface area (Å²) in [7, 11) is 0. The van der Waals surface area contributed by atoms with Crippen molar-refractivity contribution in [3.8, 4) is 0 Å². The predicted octanol–water partition coefficient (Wildman–Crippen LogP) is 1.14. The topological polar surface area (TPSA) is 78.7 Å². The Labute approximate surface area is 129 Å². The zero-order valence-electron chi connectivity index (χ0n) is 12.9. The minimum Gasteiger partial charge on any atom is -0.448 e. The molecule has 3 rings (SSSR count). The maximum atomic E-state index is 12.4. The molecule has 0 aliphatic carbocycles. The molecule has 1 aromatic heterocycles. The number of rotatable bonds is 3. The van der Waals surface area contributed by atoms with Crippen molar-refractivity contribution in [1.29, 1.82) is 0 Å². The van der Waals surface area contributed by atoms with E-state index in [-0.39, 0.29) is 17.9 Å². The third kappa shape index (κ3) is 3.08. The fourth-order valence-corrected chi connectivity index (χ4v) is 3.11. The Hall–Kier alpha value is -2.05. The standard InChI is InChI=1S/C15H22N4O3/c1-11-13(17-10-22-11)8-16-15(21)19-7-4-12(9-19)14(20)18-5-2-3-6-18/h10,12H,2-9H2,1H3,(H,16,21). The van der Waals surface area contributed by atoms with Crippen LogP contribution in [0.15, 0.2) is 10.8 Å². The molecular weight excluding hydrogens is 284 g/mol. The van der Waals surface area contributed by atoms with Crippen molar-refractivity contribution in [2.45, 2.75) is 32.7 Å². The maximum Gasteiger partial charge on any atom is 0.317 e. The smallest absolute Gasteiger partial charge is 0.317 e. The quantitative estimate of drug-likeness (QED) is 0.908. The van der Waals surface area contributed by atoms with Crippen molar-refractivity contribution < 1.29 is 14.0 Å². The van der Waals surface area contributed by atoms with Crippen LogP contribution in [0.25, 0.3) is 0 Å². The molecule has 1 atom stereocenters. The van der Waals surface area contributed by atoms with Crippen molar-refractivity contribution in [2.24, 2.45) is 5.92 Å². The van der Waals surface area contributed by atoms with E-state index in [0.717, 1.165) is 38.0 Å². The number of hydrogen-bond acceptors (Lipinski definition) is 4. The minimum absolute atomic E-state index is 0.0439. The van der Waals surface area contributed by atoms with E-state index < -0.39 is 0 Å². The second-order valence-corrected chi connectivity index (χ2v) is 5.98. The van der Waals surface area contributed by atoms with Gasteiger partial charge < -0.3 is 19.5 Å². The van der Waals surface area contributed by atoms with Crippen LogP contribution in [0.2, 0.25) is 0 Å². The number of nitrogens with zero attached hydrogens (tertiary/aromatic N) is 3. The highest BCUT2D eigenvalue weighted by molar-refractivity contribution is 5.81. The number of aromatic nitrogens is 1. The summed E-state index contributed by atoms with van der Waals surface area (Å²) < 4.78 is 5.10. The van der Waals surface area contributed by atoms with Crippen molar-refractivity contribution in [3.63, 3.8) is 0 Å². The molecule has 1 aromatic rings. The number of nitrogens with one attached hydrogen (secondary N) is 1. The number of aryl methyl sites for hydroxylation is 1. The first-order valence-corrected chi connectivity index (χ1v) is 7.85. The Balaban J connectivity index is 1.48. The summed E-state index contributed by atoms with van der Waals surface area (Å²) in [5, 5.41) is 2.84. The van der Waals surface area contributed by atoms with Crippen LogP contribution >= 0.6 is 0 Å². The second kappa shape index (κ2) is 6.37. The van der Waals surface area contributed by atoms with Gasteiger partial charge in [-0.25, -0.2) is 9.78 Å². The third-order valence-corrected chi connectivity index (χ3v) is 4.49. The lowest BCUT2D eigenvalue weighted by molar-refractivity contribution is -0.133. The van der Waals surface area contributed by atoms with E-state index >= 15 is 0 Å². The molecule has 0 bridgehead atoms. The van der Waals surface area contributed by atoms with Crippen molar-refractivity contribution >= 4 is 11.9 Å². The van der Waals surface area contributed by atoms with Crippen LogP contribution in [0.3, 0.4) is 0 Å². The number of hydrogen-bond donors (Lipinski definition) is 1. The molecule has 1 unspecified atom stereocenters. The van der Waals surface area contributed by atoms with Crippen LogP contribution in [0.5, 0.6) is 0 Å². The van der Waals surface area contributed by atoms with E-state index in [1.165, 1.54) is 6.39 Å². The molecule has 2 aliphatic rings. The first-order chi connectivity index (χ1) is 10.6. The van der Waals surface area contributed by atoms with Gasteiger partial charge in [0.25, 0.3) is 0 Å². The molecule has 0 radical (unpaired) electrons. The maximum absolute atomic E-state index is 12.4. The van der Waals surface area contributed by atoms with E-state index in [2.05, 4.69) is 10.3 Å². The monoisotopic (exact) mass is 306 g/mol. The van der Waals surface area contributed by atoms with Gasteiger partial charge in [0.15, 0.2) is 6.39 Å². The molecule has 22 heavy (non-hydrogen) atoms. The fraction of sp³-hybridized carbons (Fsp3) is 0.667. The van der Waals surface area contributed by atoms with Crippen LogP contribution in [-0.4, -0.2) is 52.9 Å². The molecule has 120 valence electrons. The Morgan fingerprint density at radius 1 is 1.32 bits per heavy atom. The van der Waals surface area contributed by atoms with Gasteiger partial charge in [-0.1, -0.05) is 0 Å². The summed E-state index contributed by atoms with van der Waals surface area (Å²) in [6.07, 6.45) is 4.32. The number of carbonyl (C=O) groups is 2. The van der Waals surface area contributed by atoms with Crippen LogP contribution in [0.1, 0.15) is 30.7 Å². The van der Waals surface area contributed by atoms with Crippen LogP contribution in [-0.2, 0) is 11.3 Å². The molecule has 3 amide bonds. The van der Waals surface area contributed by atoms with Gasteiger partial charge in [-0.3, -0.25) is 4.79 Å². The first kappa shape index (κ1) is 14.9. The Morgan fingerprint density at radius 3 is 2.77 bits per heavy atom. The van der Waals surface area contributed by atoms with Crippen LogP contribution in [0, 0.1) is 12.8 Å². The molecule has 0 spiro atoms. The summed E-state index contributed by atoms with van der Waals surface area (Å²) in [6, 6.07) is -0.140. The Kier molecular flexibility index (Phi) is 4.31. The SMILES string of the molecule is Cc1ocnc1CNC(=O)N1CCC(C(=O)N2CCCC2)C1. The average Bonchev–Trinajstić information content (AvgIpc) is 3.25. The number of carbonyl (C=O) groups excluding carboxylic acids is 2. The van der Waals surface area contributed by atoms with Gasteiger partial charge in [0.1, 0.15) is 11.5 Å². The highest BCUT2D eigenvalue weighted by Gasteiger charge is 2.34. The molecule has 0 aromatic carbocycles. The average molecular weight is 306 g/mol. The summed E-state index contributed by atoms with van der Waals surface area (Å²) in [4.78, 5) is 32.2. The van der Waals surface area contributed by atoms with E-state index in [1.807, 2.05) is 11.8 Å². The van der Waals surface area contributed by atoms with Gasteiger partial charge in [0, 0.05) is 26.2 Å². The highest BCUT2D eigenvalue weighted by Crippen LogP contribution is 2.21. The molecule has 2 saturated heterocycles. The fourth-order valence-electron chi connectivity index (χ4n) is 3.11. The molecular formula is C15H22N4O3. The second-order valence-electron chi connectivity index (χ2n) is 5.98. The molecule has 3 heterocycles. The van der Waals surface area contributed by atoms with Crippen LogP contribution < -0.4 is 5.32 Å². The molecule has 2 aliphatic heterocycles. The van der Waals surface area contributed by atoms with E-state index in [9.17, 15) is 9.59 Å². The largest absolute Gasteiger partial charge is 0.448 e. The van der Waals surface area contributed by atoms with Crippen molar-refractivity contribution in [3.05, 3.63) is 17.8 Å². The Morgan fingerprint density at radius 2 is 2.09 bits per heavy atom. The predicted molar refractivity (Wildman–Crippen MR) is 79.0 cm³/mol. The van der Waals surface area contributed by atoms with Gasteiger partial charge in [0.2, 0.25) is 5.91 Å². The van der Waals surface area contributed by atoms with E-state index in [1.54, 1.807) is 4.90 Å². The van der Waals surface area contributed by atoms with Gasteiger partial charge in [-0.05, 0) is 26.2 Å².